The Morgan fingerprint density at radius 3 is 2.94 bits per heavy atom. The maximum absolute atomic E-state index is 10.7. The van der Waals surface area contributed by atoms with Crippen molar-refractivity contribution in [2.75, 3.05) is 6.61 Å². The van der Waals surface area contributed by atoms with E-state index in [1.807, 2.05) is 12.1 Å². The van der Waals surface area contributed by atoms with Gasteiger partial charge in [0, 0.05) is 11.1 Å². The number of ether oxygens (including phenoxy) is 1. The minimum atomic E-state index is 0.393. The lowest BCUT2D eigenvalue weighted by Crippen LogP contribution is -2.08. The van der Waals surface area contributed by atoms with E-state index in [-0.39, 0.29) is 0 Å². The number of rotatable bonds is 4. The number of benzene rings is 1. The number of aldehydes is 1. The van der Waals surface area contributed by atoms with Crippen LogP contribution in [0.15, 0.2) is 23.8 Å². The second kappa shape index (κ2) is 5.17. The zero-order valence-electron chi connectivity index (χ0n) is 10.4. The highest BCUT2D eigenvalue weighted by molar-refractivity contribution is 5.84. The van der Waals surface area contributed by atoms with Crippen molar-refractivity contribution >= 4 is 12.4 Å². The summed E-state index contributed by atoms with van der Waals surface area (Å²) in [5.41, 5.74) is 3.01. The first-order valence-electron chi connectivity index (χ1n) is 6.10. The highest BCUT2D eigenvalue weighted by atomic mass is 16.5. The molecule has 0 bridgehead atoms. The summed E-state index contributed by atoms with van der Waals surface area (Å²) in [4.78, 5) is 10.7. The van der Waals surface area contributed by atoms with Crippen molar-refractivity contribution in [3.63, 3.8) is 0 Å². The van der Waals surface area contributed by atoms with Gasteiger partial charge in [0.15, 0.2) is 0 Å². The largest absolute Gasteiger partial charge is 0.488 e. The van der Waals surface area contributed by atoms with E-state index in [2.05, 4.69) is 26.0 Å². The lowest BCUT2D eigenvalue weighted by atomic mass is 10.00. The number of carbonyl (C=O) groups is 1. The van der Waals surface area contributed by atoms with E-state index < -0.39 is 0 Å². The Morgan fingerprint density at radius 1 is 1.41 bits per heavy atom. The summed E-state index contributed by atoms with van der Waals surface area (Å²) in [5, 5.41) is 0. The third kappa shape index (κ3) is 2.96. The second-order valence-corrected chi connectivity index (χ2v) is 4.93. The lowest BCUT2D eigenvalue weighted by Gasteiger charge is -2.16. The Balaban J connectivity index is 2.16. The molecule has 0 fully saturated rings. The molecular weight excluding hydrogens is 212 g/mol. The van der Waals surface area contributed by atoms with Crippen LogP contribution < -0.4 is 4.74 Å². The Labute approximate surface area is 102 Å². The highest BCUT2D eigenvalue weighted by Gasteiger charge is 2.11. The number of carbonyl (C=O) groups excluding carboxylic acids is 1. The van der Waals surface area contributed by atoms with Crippen molar-refractivity contribution in [3.05, 3.63) is 34.9 Å². The average molecular weight is 230 g/mol. The van der Waals surface area contributed by atoms with Gasteiger partial charge in [0.2, 0.25) is 0 Å². The van der Waals surface area contributed by atoms with Crippen molar-refractivity contribution in [3.8, 4) is 5.75 Å². The predicted molar refractivity (Wildman–Crippen MR) is 69.1 cm³/mol. The van der Waals surface area contributed by atoms with E-state index in [9.17, 15) is 4.79 Å². The maximum Gasteiger partial charge on any atom is 0.149 e. The molecule has 0 saturated heterocycles. The van der Waals surface area contributed by atoms with Crippen LogP contribution in [0.5, 0.6) is 5.75 Å². The molecule has 2 nitrogen and oxygen atoms in total. The maximum atomic E-state index is 10.7. The minimum absolute atomic E-state index is 0.393. The van der Waals surface area contributed by atoms with E-state index >= 15 is 0 Å². The first-order chi connectivity index (χ1) is 8.19. The van der Waals surface area contributed by atoms with E-state index in [1.165, 1.54) is 12.0 Å². The third-order valence-corrected chi connectivity index (χ3v) is 2.97. The van der Waals surface area contributed by atoms with Gasteiger partial charge in [-0.25, -0.2) is 0 Å². The summed E-state index contributed by atoms with van der Waals surface area (Å²) in [6, 6.07) is 6.25. The minimum Gasteiger partial charge on any atom is -0.488 e. The van der Waals surface area contributed by atoms with Crippen LogP contribution in [0.3, 0.4) is 0 Å². The molecule has 1 aromatic rings. The molecule has 0 radical (unpaired) electrons. The van der Waals surface area contributed by atoms with Crippen LogP contribution in [0.4, 0.5) is 0 Å². The molecular formula is C15H18O2. The molecule has 1 aliphatic rings. The second-order valence-electron chi connectivity index (χ2n) is 4.93. The Hall–Kier alpha value is -1.57. The number of hydrogen-bond acceptors (Lipinski definition) is 2. The monoisotopic (exact) mass is 230 g/mol. The van der Waals surface area contributed by atoms with E-state index in [4.69, 9.17) is 4.74 Å². The topological polar surface area (TPSA) is 26.3 Å². The standard InChI is InChI=1S/C15H18O2/c1-11(2)3-4-12-5-6-14-7-13(9-16)10-17-15(14)8-12/h5-9,11H,3-4,10H2,1-2H3. The summed E-state index contributed by atoms with van der Waals surface area (Å²) in [6.07, 6.45) is 5.03. The van der Waals surface area contributed by atoms with Crippen molar-refractivity contribution < 1.29 is 9.53 Å². The molecule has 0 atom stereocenters. The summed E-state index contributed by atoms with van der Waals surface area (Å²) < 4.78 is 5.57. The Morgan fingerprint density at radius 2 is 2.24 bits per heavy atom. The Bertz CT molecular complexity index is 444. The van der Waals surface area contributed by atoms with Gasteiger partial charge in [-0.15, -0.1) is 0 Å². The van der Waals surface area contributed by atoms with Crippen molar-refractivity contribution in [1.82, 2.24) is 0 Å². The summed E-state index contributed by atoms with van der Waals surface area (Å²) in [6.45, 7) is 4.85. The van der Waals surface area contributed by atoms with Gasteiger partial charge in [0.05, 0.1) is 0 Å². The molecule has 0 unspecified atom stereocenters. The predicted octanol–water partition coefficient (Wildman–Crippen LogP) is 3.25. The fraction of sp³-hybridized carbons (Fsp3) is 0.400. The molecule has 1 aliphatic heterocycles. The molecule has 0 aromatic heterocycles. The number of hydrogen-bond donors (Lipinski definition) is 0. The summed E-state index contributed by atoms with van der Waals surface area (Å²) in [7, 11) is 0. The highest BCUT2D eigenvalue weighted by Crippen LogP contribution is 2.27. The molecule has 0 spiro atoms. The van der Waals surface area contributed by atoms with Crippen LogP contribution in [0, 0.1) is 5.92 Å². The van der Waals surface area contributed by atoms with Crippen LogP contribution >= 0.6 is 0 Å². The molecule has 0 aliphatic carbocycles. The molecule has 17 heavy (non-hydrogen) atoms. The van der Waals surface area contributed by atoms with Crippen LogP contribution in [-0.4, -0.2) is 12.9 Å². The zero-order valence-corrected chi connectivity index (χ0v) is 10.4. The fourth-order valence-electron chi connectivity index (χ4n) is 1.90. The van der Waals surface area contributed by atoms with Crippen molar-refractivity contribution in [1.29, 1.82) is 0 Å². The van der Waals surface area contributed by atoms with E-state index in [0.29, 0.717) is 18.1 Å². The number of fused-ring (bicyclic) bond motifs is 1. The van der Waals surface area contributed by atoms with Gasteiger partial charge >= 0.3 is 0 Å². The lowest BCUT2D eigenvalue weighted by molar-refractivity contribution is -0.105. The van der Waals surface area contributed by atoms with Crippen LogP contribution in [0.2, 0.25) is 0 Å². The van der Waals surface area contributed by atoms with Gasteiger partial charge in [0.1, 0.15) is 18.6 Å². The zero-order chi connectivity index (χ0) is 12.3. The molecule has 0 saturated carbocycles. The first kappa shape index (κ1) is 11.9. The molecule has 0 N–H and O–H groups in total. The van der Waals surface area contributed by atoms with Crippen molar-refractivity contribution in [2.45, 2.75) is 26.7 Å². The third-order valence-electron chi connectivity index (χ3n) is 2.97. The molecule has 2 heteroatoms. The average Bonchev–Trinajstić information content (AvgIpc) is 2.35. The van der Waals surface area contributed by atoms with Crippen molar-refractivity contribution in [2.24, 2.45) is 5.92 Å². The molecule has 1 heterocycles. The van der Waals surface area contributed by atoms with E-state index in [1.54, 1.807) is 0 Å². The normalized spacial score (nSPS) is 13.9. The van der Waals surface area contributed by atoms with Gasteiger partial charge in [-0.05, 0) is 36.5 Å². The fourth-order valence-corrected chi connectivity index (χ4v) is 1.90. The molecule has 90 valence electrons. The van der Waals surface area contributed by atoms with Gasteiger partial charge in [-0.2, -0.15) is 0 Å². The van der Waals surface area contributed by atoms with Gasteiger partial charge in [-0.1, -0.05) is 26.0 Å². The van der Waals surface area contributed by atoms with Crippen LogP contribution in [0.25, 0.3) is 6.08 Å². The summed E-state index contributed by atoms with van der Waals surface area (Å²) >= 11 is 0. The quantitative estimate of drug-likeness (QED) is 0.742. The summed E-state index contributed by atoms with van der Waals surface area (Å²) in [5.74, 6) is 1.62. The van der Waals surface area contributed by atoms with Crippen LogP contribution in [-0.2, 0) is 11.2 Å². The molecule has 0 amide bonds. The SMILES string of the molecule is CC(C)CCc1ccc2c(c1)OCC(C=O)=C2. The smallest absolute Gasteiger partial charge is 0.149 e. The van der Waals surface area contributed by atoms with Gasteiger partial charge in [-0.3, -0.25) is 4.79 Å². The van der Waals surface area contributed by atoms with Gasteiger partial charge < -0.3 is 4.74 Å². The Kier molecular flexibility index (Phi) is 3.62. The first-order valence-corrected chi connectivity index (χ1v) is 6.10. The molecule has 2 rings (SSSR count). The van der Waals surface area contributed by atoms with Gasteiger partial charge in [0.25, 0.3) is 0 Å². The molecule has 1 aromatic carbocycles. The number of aryl methyl sites for hydroxylation is 1. The van der Waals surface area contributed by atoms with E-state index in [0.717, 1.165) is 24.0 Å². The van der Waals surface area contributed by atoms with Crippen LogP contribution in [0.1, 0.15) is 31.4 Å².